The van der Waals surface area contributed by atoms with Crippen molar-refractivity contribution in [3.05, 3.63) is 17.3 Å². The summed E-state index contributed by atoms with van der Waals surface area (Å²) in [4.78, 5) is 2.80. The first-order valence-corrected chi connectivity index (χ1v) is 3.34. The Bertz CT molecular complexity index is 343. The molecular formula is C7H9N5. The Labute approximate surface area is 69.7 Å². The van der Waals surface area contributed by atoms with E-state index in [0.29, 0.717) is 16.9 Å². The van der Waals surface area contributed by atoms with Gasteiger partial charge in [0.25, 0.3) is 0 Å². The summed E-state index contributed by atoms with van der Waals surface area (Å²) in [5.41, 5.74) is 6.10. The molecule has 0 saturated carbocycles. The number of nitriles is 1. The number of rotatable bonds is 2. The minimum Gasteiger partial charge on any atom is -0.384 e. The summed E-state index contributed by atoms with van der Waals surface area (Å²) in [5.74, 6) is 0.483. The van der Waals surface area contributed by atoms with Crippen molar-refractivity contribution >= 4 is 11.7 Å². The van der Waals surface area contributed by atoms with E-state index in [9.17, 15) is 0 Å². The third-order valence-electron chi connectivity index (χ3n) is 1.52. The summed E-state index contributed by atoms with van der Waals surface area (Å²) in [6, 6.07) is 1.94. The highest BCUT2D eigenvalue weighted by molar-refractivity contribution is 6.02. The van der Waals surface area contributed by atoms with Gasteiger partial charge in [-0.05, 0) is 0 Å². The van der Waals surface area contributed by atoms with Crippen LogP contribution in [0.25, 0.3) is 0 Å². The van der Waals surface area contributed by atoms with Gasteiger partial charge >= 0.3 is 0 Å². The van der Waals surface area contributed by atoms with Crippen LogP contribution in [0.1, 0.15) is 11.1 Å². The molecule has 0 aliphatic carbocycles. The summed E-state index contributed by atoms with van der Waals surface area (Å²) in [7, 11) is 1.69. The van der Waals surface area contributed by atoms with E-state index >= 15 is 0 Å². The molecule has 1 heterocycles. The Morgan fingerprint density at radius 3 is 2.92 bits per heavy atom. The van der Waals surface area contributed by atoms with Crippen LogP contribution in [0.2, 0.25) is 0 Å². The molecule has 0 aliphatic heterocycles. The molecule has 5 heteroatoms. The highest BCUT2D eigenvalue weighted by atomic mass is 15.0. The molecule has 1 aromatic heterocycles. The Kier molecular flexibility index (Phi) is 2.01. The number of anilines is 1. The third kappa shape index (κ3) is 1.10. The van der Waals surface area contributed by atoms with Crippen molar-refractivity contribution in [2.24, 2.45) is 5.73 Å². The largest absolute Gasteiger partial charge is 0.384 e. The molecule has 0 fully saturated rings. The minimum absolute atomic E-state index is 0.114. The van der Waals surface area contributed by atoms with Gasteiger partial charge in [0, 0.05) is 13.2 Å². The Morgan fingerprint density at radius 1 is 1.83 bits per heavy atom. The summed E-state index contributed by atoms with van der Waals surface area (Å²) in [5, 5.41) is 18.6. The predicted molar refractivity (Wildman–Crippen MR) is 46.1 cm³/mol. The summed E-state index contributed by atoms with van der Waals surface area (Å²) >= 11 is 0. The van der Waals surface area contributed by atoms with Crippen molar-refractivity contribution in [1.29, 1.82) is 10.7 Å². The standard InChI is InChI=1S/C7H9N5/c1-11-7-5(6(9)10)4(2-8)3-12-7/h3,11-12H,1H3,(H3,9,10). The number of hydrogen-bond donors (Lipinski definition) is 4. The van der Waals surface area contributed by atoms with Gasteiger partial charge in [-0.1, -0.05) is 0 Å². The number of nitrogens with zero attached hydrogens (tertiary/aromatic N) is 1. The monoisotopic (exact) mass is 163 g/mol. The molecule has 5 N–H and O–H groups in total. The second-order valence-corrected chi connectivity index (χ2v) is 2.23. The maximum atomic E-state index is 8.63. The highest BCUT2D eigenvalue weighted by Gasteiger charge is 2.11. The molecular weight excluding hydrogens is 154 g/mol. The Hall–Kier alpha value is -1.96. The summed E-state index contributed by atoms with van der Waals surface area (Å²) < 4.78 is 0. The average molecular weight is 163 g/mol. The SMILES string of the molecule is CNc1[nH]cc(C#N)c1C(=N)N. The lowest BCUT2D eigenvalue weighted by atomic mass is 10.2. The van der Waals surface area contributed by atoms with Crippen molar-refractivity contribution in [2.45, 2.75) is 0 Å². The van der Waals surface area contributed by atoms with Crippen LogP contribution >= 0.6 is 0 Å². The zero-order valence-electron chi connectivity index (χ0n) is 6.60. The van der Waals surface area contributed by atoms with Crippen LogP contribution in [0.15, 0.2) is 6.20 Å². The molecule has 0 unspecified atom stereocenters. The number of nitrogen functional groups attached to an aromatic ring is 1. The van der Waals surface area contributed by atoms with Gasteiger partial charge in [-0.2, -0.15) is 5.26 Å². The molecule has 62 valence electrons. The average Bonchev–Trinajstić information content (AvgIpc) is 2.46. The number of nitrogens with two attached hydrogens (primary N) is 1. The van der Waals surface area contributed by atoms with Gasteiger partial charge in [-0.25, -0.2) is 0 Å². The number of hydrogen-bond acceptors (Lipinski definition) is 3. The summed E-state index contributed by atoms with van der Waals surface area (Å²) in [6.45, 7) is 0. The zero-order valence-corrected chi connectivity index (χ0v) is 6.60. The maximum Gasteiger partial charge on any atom is 0.127 e. The predicted octanol–water partition coefficient (Wildman–Crippen LogP) is 0.212. The van der Waals surface area contributed by atoms with Crippen molar-refractivity contribution in [3.63, 3.8) is 0 Å². The molecule has 0 aromatic carbocycles. The molecule has 0 spiro atoms. The first-order chi connectivity index (χ1) is 5.70. The lowest BCUT2D eigenvalue weighted by Gasteiger charge is -1.99. The van der Waals surface area contributed by atoms with Crippen LogP contribution in [-0.4, -0.2) is 17.9 Å². The van der Waals surface area contributed by atoms with Crippen LogP contribution < -0.4 is 11.1 Å². The van der Waals surface area contributed by atoms with Gasteiger partial charge in [-0.15, -0.1) is 0 Å². The zero-order chi connectivity index (χ0) is 9.14. The molecule has 0 radical (unpaired) electrons. The Morgan fingerprint density at radius 2 is 2.50 bits per heavy atom. The van der Waals surface area contributed by atoms with E-state index in [0.717, 1.165) is 0 Å². The van der Waals surface area contributed by atoms with Crippen molar-refractivity contribution < 1.29 is 0 Å². The fourth-order valence-corrected chi connectivity index (χ4v) is 0.988. The number of aromatic amines is 1. The lowest BCUT2D eigenvalue weighted by molar-refractivity contribution is 1.33. The van der Waals surface area contributed by atoms with Gasteiger partial charge in [-0.3, -0.25) is 5.41 Å². The number of H-pyrrole nitrogens is 1. The quantitative estimate of drug-likeness (QED) is 0.370. The van der Waals surface area contributed by atoms with E-state index < -0.39 is 0 Å². The first-order valence-electron chi connectivity index (χ1n) is 3.34. The van der Waals surface area contributed by atoms with Crippen LogP contribution in [0.4, 0.5) is 5.82 Å². The number of nitrogens with one attached hydrogen (secondary N) is 3. The van der Waals surface area contributed by atoms with Gasteiger partial charge in [0.2, 0.25) is 0 Å². The van der Waals surface area contributed by atoms with Crippen LogP contribution in [0.5, 0.6) is 0 Å². The molecule has 0 atom stereocenters. The van der Waals surface area contributed by atoms with Gasteiger partial charge in [0.1, 0.15) is 17.7 Å². The molecule has 12 heavy (non-hydrogen) atoms. The van der Waals surface area contributed by atoms with E-state index in [1.807, 2.05) is 6.07 Å². The molecule has 0 saturated heterocycles. The fourth-order valence-electron chi connectivity index (χ4n) is 0.988. The summed E-state index contributed by atoms with van der Waals surface area (Å²) in [6.07, 6.45) is 1.52. The normalized spacial score (nSPS) is 9.00. The molecule has 0 amide bonds. The second kappa shape index (κ2) is 2.96. The topological polar surface area (TPSA) is 101 Å². The molecule has 1 rings (SSSR count). The van der Waals surface area contributed by atoms with E-state index in [2.05, 4.69) is 10.3 Å². The highest BCUT2D eigenvalue weighted by Crippen LogP contribution is 2.16. The van der Waals surface area contributed by atoms with Crippen molar-refractivity contribution in [3.8, 4) is 6.07 Å². The molecule has 1 aromatic rings. The lowest BCUT2D eigenvalue weighted by Crippen LogP contribution is -2.13. The Balaban J connectivity index is 3.28. The molecule has 0 aliphatic rings. The van der Waals surface area contributed by atoms with E-state index in [-0.39, 0.29) is 5.84 Å². The van der Waals surface area contributed by atoms with Gasteiger partial charge in [0.05, 0.1) is 11.1 Å². The van der Waals surface area contributed by atoms with E-state index in [1.54, 1.807) is 7.05 Å². The van der Waals surface area contributed by atoms with E-state index in [1.165, 1.54) is 6.20 Å². The number of aromatic nitrogens is 1. The number of amidine groups is 1. The van der Waals surface area contributed by atoms with Crippen LogP contribution in [-0.2, 0) is 0 Å². The van der Waals surface area contributed by atoms with Crippen LogP contribution in [0.3, 0.4) is 0 Å². The molecule has 5 nitrogen and oxygen atoms in total. The smallest absolute Gasteiger partial charge is 0.127 e. The molecule has 0 bridgehead atoms. The fraction of sp³-hybridized carbons (Fsp3) is 0.143. The second-order valence-electron chi connectivity index (χ2n) is 2.23. The van der Waals surface area contributed by atoms with Crippen molar-refractivity contribution in [1.82, 2.24) is 4.98 Å². The first kappa shape index (κ1) is 8.14. The minimum atomic E-state index is -0.114. The van der Waals surface area contributed by atoms with Gasteiger partial charge < -0.3 is 16.0 Å². The van der Waals surface area contributed by atoms with Gasteiger partial charge in [0.15, 0.2) is 0 Å². The van der Waals surface area contributed by atoms with Crippen molar-refractivity contribution in [2.75, 3.05) is 12.4 Å². The van der Waals surface area contributed by atoms with E-state index in [4.69, 9.17) is 16.4 Å². The van der Waals surface area contributed by atoms with Crippen LogP contribution in [0, 0.1) is 16.7 Å². The third-order valence-corrected chi connectivity index (χ3v) is 1.52. The maximum absolute atomic E-state index is 8.63.